The van der Waals surface area contributed by atoms with E-state index in [1.54, 1.807) is 0 Å². The molecule has 2 heteroatoms. The van der Waals surface area contributed by atoms with E-state index in [4.69, 9.17) is 0 Å². The zero-order valence-electron chi connectivity index (χ0n) is 11.4. The van der Waals surface area contributed by atoms with E-state index in [1.807, 2.05) is 11.3 Å². The Hall–Kier alpha value is -1.12. The molecule has 1 aromatic heterocycles. The van der Waals surface area contributed by atoms with E-state index in [2.05, 4.69) is 56.4 Å². The van der Waals surface area contributed by atoms with Crippen LogP contribution in [0.4, 0.5) is 0 Å². The Morgan fingerprint density at radius 1 is 1.11 bits per heavy atom. The van der Waals surface area contributed by atoms with Gasteiger partial charge in [-0.3, -0.25) is 0 Å². The second kappa shape index (κ2) is 6.17. The number of hydrogen-bond acceptors (Lipinski definition) is 2. The van der Waals surface area contributed by atoms with Gasteiger partial charge in [-0.15, -0.1) is 11.3 Å². The molecule has 0 amide bonds. The summed E-state index contributed by atoms with van der Waals surface area (Å²) in [6.45, 7) is 8.60. The van der Waals surface area contributed by atoms with Crippen LogP contribution in [0.1, 0.15) is 29.3 Å². The van der Waals surface area contributed by atoms with Crippen molar-refractivity contribution in [2.45, 2.75) is 33.7 Å². The van der Waals surface area contributed by atoms with Crippen LogP contribution in [0, 0.1) is 13.8 Å². The van der Waals surface area contributed by atoms with Gasteiger partial charge in [0.2, 0.25) is 0 Å². The molecule has 1 nitrogen and oxygen atoms in total. The van der Waals surface area contributed by atoms with Gasteiger partial charge in [0.05, 0.1) is 0 Å². The van der Waals surface area contributed by atoms with Crippen LogP contribution in [0.5, 0.6) is 0 Å². The lowest BCUT2D eigenvalue weighted by Gasteiger charge is -2.08. The van der Waals surface area contributed by atoms with E-state index in [-0.39, 0.29) is 0 Å². The van der Waals surface area contributed by atoms with Crippen molar-refractivity contribution in [3.8, 4) is 10.4 Å². The lowest BCUT2D eigenvalue weighted by atomic mass is 10.0. The molecule has 0 atom stereocenters. The summed E-state index contributed by atoms with van der Waals surface area (Å²) in [6.07, 6.45) is 1.18. The van der Waals surface area contributed by atoms with Crippen LogP contribution in [0.25, 0.3) is 10.4 Å². The monoisotopic (exact) mass is 259 g/mol. The molecule has 0 bridgehead atoms. The SMILES string of the molecule is CCCNCc1ccc(C)c(-c2ccc(C)s2)c1. The molecule has 0 spiro atoms. The third-order valence-electron chi connectivity index (χ3n) is 3.06. The number of rotatable bonds is 5. The van der Waals surface area contributed by atoms with Gasteiger partial charge in [0, 0.05) is 16.3 Å². The van der Waals surface area contributed by atoms with Gasteiger partial charge in [-0.25, -0.2) is 0 Å². The molecule has 0 radical (unpaired) electrons. The lowest BCUT2D eigenvalue weighted by Crippen LogP contribution is -2.13. The van der Waals surface area contributed by atoms with E-state index in [0.717, 1.165) is 13.1 Å². The van der Waals surface area contributed by atoms with E-state index in [9.17, 15) is 0 Å². The Bertz CT molecular complexity index is 514. The summed E-state index contributed by atoms with van der Waals surface area (Å²) < 4.78 is 0. The summed E-state index contributed by atoms with van der Waals surface area (Å²) in [5.74, 6) is 0. The topological polar surface area (TPSA) is 12.0 Å². The summed E-state index contributed by atoms with van der Waals surface area (Å²) in [4.78, 5) is 2.75. The molecule has 0 aliphatic rings. The third-order valence-corrected chi connectivity index (χ3v) is 4.10. The zero-order valence-corrected chi connectivity index (χ0v) is 12.2. The van der Waals surface area contributed by atoms with Gasteiger partial charge in [-0.05, 0) is 61.7 Å². The quantitative estimate of drug-likeness (QED) is 0.778. The van der Waals surface area contributed by atoms with Gasteiger partial charge < -0.3 is 5.32 Å². The second-order valence-electron chi connectivity index (χ2n) is 4.74. The van der Waals surface area contributed by atoms with Crippen molar-refractivity contribution >= 4 is 11.3 Å². The number of nitrogens with one attached hydrogen (secondary N) is 1. The van der Waals surface area contributed by atoms with E-state index < -0.39 is 0 Å². The van der Waals surface area contributed by atoms with Gasteiger partial charge in [0.1, 0.15) is 0 Å². The molecule has 0 saturated carbocycles. The molecule has 2 aromatic rings. The fourth-order valence-corrected chi connectivity index (χ4v) is 2.98. The molecule has 2 rings (SSSR count). The largest absolute Gasteiger partial charge is 0.313 e. The summed E-state index contributed by atoms with van der Waals surface area (Å²) in [5, 5.41) is 3.46. The van der Waals surface area contributed by atoms with Crippen LogP contribution < -0.4 is 5.32 Å². The van der Waals surface area contributed by atoms with Crippen molar-refractivity contribution in [3.63, 3.8) is 0 Å². The highest BCUT2D eigenvalue weighted by molar-refractivity contribution is 7.15. The zero-order chi connectivity index (χ0) is 13.0. The Labute approximate surface area is 114 Å². The van der Waals surface area contributed by atoms with Crippen LogP contribution in [-0.2, 0) is 6.54 Å². The Balaban J connectivity index is 2.21. The standard InChI is InChI=1S/C16H21NS/c1-4-9-17-11-14-7-5-12(2)15(10-14)16-8-6-13(3)18-16/h5-8,10,17H,4,9,11H2,1-3H3. The number of benzene rings is 1. The number of hydrogen-bond donors (Lipinski definition) is 1. The molecule has 0 fully saturated rings. The van der Waals surface area contributed by atoms with Crippen molar-refractivity contribution in [3.05, 3.63) is 46.3 Å². The van der Waals surface area contributed by atoms with Gasteiger partial charge >= 0.3 is 0 Å². The Morgan fingerprint density at radius 2 is 1.94 bits per heavy atom. The van der Waals surface area contributed by atoms with E-state index in [1.165, 1.54) is 32.9 Å². The minimum Gasteiger partial charge on any atom is -0.313 e. The van der Waals surface area contributed by atoms with Crippen LogP contribution >= 0.6 is 11.3 Å². The normalized spacial score (nSPS) is 10.8. The third kappa shape index (κ3) is 3.21. The first-order chi connectivity index (χ1) is 8.70. The van der Waals surface area contributed by atoms with Crippen molar-refractivity contribution in [1.82, 2.24) is 5.32 Å². The first-order valence-corrected chi connectivity index (χ1v) is 7.39. The Morgan fingerprint density at radius 3 is 2.61 bits per heavy atom. The maximum Gasteiger partial charge on any atom is 0.0348 e. The molecule has 1 heterocycles. The summed E-state index contributed by atoms with van der Waals surface area (Å²) >= 11 is 1.87. The molecule has 1 aromatic carbocycles. The molecule has 18 heavy (non-hydrogen) atoms. The van der Waals surface area contributed by atoms with Crippen molar-refractivity contribution in [1.29, 1.82) is 0 Å². The van der Waals surface area contributed by atoms with Crippen LogP contribution in [0.2, 0.25) is 0 Å². The van der Waals surface area contributed by atoms with Crippen LogP contribution in [0.3, 0.4) is 0 Å². The van der Waals surface area contributed by atoms with Gasteiger partial charge in [-0.2, -0.15) is 0 Å². The highest BCUT2D eigenvalue weighted by Crippen LogP contribution is 2.30. The van der Waals surface area contributed by atoms with Gasteiger partial charge in [-0.1, -0.05) is 19.1 Å². The van der Waals surface area contributed by atoms with Crippen LogP contribution in [0.15, 0.2) is 30.3 Å². The van der Waals surface area contributed by atoms with Crippen molar-refractivity contribution in [2.24, 2.45) is 0 Å². The predicted molar refractivity (Wildman–Crippen MR) is 81.2 cm³/mol. The number of thiophene rings is 1. The van der Waals surface area contributed by atoms with Crippen molar-refractivity contribution in [2.75, 3.05) is 6.54 Å². The molecule has 96 valence electrons. The Kier molecular flexibility index (Phi) is 4.56. The highest BCUT2D eigenvalue weighted by atomic mass is 32.1. The summed E-state index contributed by atoms with van der Waals surface area (Å²) in [6, 6.07) is 11.2. The molecule has 0 aliphatic heterocycles. The fourth-order valence-electron chi connectivity index (χ4n) is 2.03. The molecule has 0 unspecified atom stereocenters. The van der Waals surface area contributed by atoms with E-state index >= 15 is 0 Å². The number of aryl methyl sites for hydroxylation is 2. The van der Waals surface area contributed by atoms with Gasteiger partial charge in [0.15, 0.2) is 0 Å². The van der Waals surface area contributed by atoms with Crippen LogP contribution in [-0.4, -0.2) is 6.54 Å². The molecule has 0 saturated heterocycles. The highest BCUT2D eigenvalue weighted by Gasteiger charge is 2.05. The second-order valence-corrected chi connectivity index (χ2v) is 6.02. The summed E-state index contributed by atoms with van der Waals surface area (Å²) in [5.41, 5.74) is 4.11. The molecular weight excluding hydrogens is 238 g/mol. The summed E-state index contributed by atoms with van der Waals surface area (Å²) in [7, 11) is 0. The average molecular weight is 259 g/mol. The minimum absolute atomic E-state index is 0.964. The maximum absolute atomic E-state index is 3.46. The minimum atomic E-state index is 0.964. The van der Waals surface area contributed by atoms with Gasteiger partial charge in [0.25, 0.3) is 0 Å². The smallest absolute Gasteiger partial charge is 0.0348 e. The first-order valence-electron chi connectivity index (χ1n) is 6.57. The van der Waals surface area contributed by atoms with Crippen molar-refractivity contribution < 1.29 is 0 Å². The maximum atomic E-state index is 3.46. The lowest BCUT2D eigenvalue weighted by molar-refractivity contribution is 0.675. The first kappa shape index (κ1) is 13.3. The predicted octanol–water partition coefficient (Wildman–Crippen LogP) is 4.53. The molecular formula is C16H21NS. The molecule has 0 aliphatic carbocycles. The fraction of sp³-hybridized carbons (Fsp3) is 0.375. The van der Waals surface area contributed by atoms with E-state index in [0.29, 0.717) is 0 Å². The molecule has 1 N–H and O–H groups in total. The average Bonchev–Trinajstić information content (AvgIpc) is 2.78.